The van der Waals surface area contributed by atoms with Crippen molar-refractivity contribution >= 4 is 5.69 Å². The molecule has 0 radical (unpaired) electrons. The highest BCUT2D eigenvalue weighted by atomic mass is 16.5. The van der Waals surface area contributed by atoms with Crippen LogP contribution in [0.2, 0.25) is 0 Å². The number of rotatable bonds is 9. The number of aryl methyl sites for hydroxylation is 2. The smallest absolute Gasteiger partial charge is 0.252 e. The monoisotopic (exact) mass is 530 g/mol. The average Bonchev–Trinajstić information content (AvgIpc) is 3.43. The summed E-state index contributed by atoms with van der Waals surface area (Å²) in [6.07, 6.45) is 3.94. The highest BCUT2D eigenvalue weighted by molar-refractivity contribution is 5.72. The van der Waals surface area contributed by atoms with Crippen molar-refractivity contribution in [2.75, 3.05) is 31.6 Å². The molecular formula is C32H42N4O3. The maximum absolute atomic E-state index is 12.5. The van der Waals surface area contributed by atoms with E-state index in [0.717, 1.165) is 72.0 Å². The number of aliphatic hydroxyl groups is 1. The predicted octanol–water partition coefficient (Wildman–Crippen LogP) is 4.93. The van der Waals surface area contributed by atoms with Crippen LogP contribution < -0.4 is 16.2 Å². The highest BCUT2D eigenvalue weighted by Crippen LogP contribution is 2.34. The zero-order valence-corrected chi connectivity index (χ0v) is 23.5. The third kappa shape index (κ3) is 6.79. The van der Waals surface area contributed by atoms with Gasteiger partial charge in [0.25, 0.3) is 5.56 Å². The number of aromatic nitrogens is 1. The lowest BCUT2D eigenvalue weighted by atomic mass is 9.95. The number of pyridine rings is 1. The van der Waals surface area contributed by atoms with Crippen LogP contribution in [0.25, 0.3) is 11.1 Å². The second-order valence-corrected chi connectivity index (χ2v) is 11.2. The molecule has 1 atom stereocenters. The van der Waals surface area contributed by atoms with Crippen LogP contribution in [0.4, 0.5) is 5.69 Å². The van der Waals surface area contributed by atoms with Crippen molar-refractivity contribution in [3.8, 4) is 11.1 Å². The summed E-state index contributed by atoms with van der Waals surface area (Å²) in [6.45, 7) is 10.6. The second kappa shape index (κ2) is 12.5. The maximum Gasteiger partial charge on any atom is 0.252 e. The van der Waals surface area contributed by atoms with Gasteiger partial charge in [0.05, 0.1) is 13.2 Å². The molecule has 0 bridgehead atoms. The number of anilines is 1. The van der Waals surface area contributed by atoms with E-state index >= 15 is 0 Å². The molecule has 3 aromatic rings. The van der Waals surface area contributed by atoms with Gasteiger partial charge in [-0.15, -0.1) is 0 Å². The van der Waals surface area contributed by atoms with Crippen LogP contribution in [-0.2, 0) is 17.8 Å². The number of morpholine rings is 1. The van der Waals surface area contributed by atoms with Gasteiger partial charge < -0.3 is 20.1 Å². The number of H-pyrrole nitrogens is 1. The molecule has 2 fully saturated rings. The standard InChI is InChI=1S/C32H42N4O3/c1-21-16-22(2)34-32(38)29(21)19-33-31(37)28-17-26(18-30(23(28)3)35-27-6-4-5-7-27)25-10-8-24(9-11-25)20-36-12-14-39-15-13-36/h8-11,16-18,27,31,33,35,37H,4-7,12-15,19-20H2,1-3H3,(H,34,38). The number of nitrogens with zero attached hydrogens (tertiary/aromatic N) is 1. The van der Waals surface area contributed by atoms with E-state index in [0.29, 0.717) is 11.6 Å². The fraction of sp³-hybridized carbons (Fsp3) is 0.469. The fourth-order valence-electron chi connectivity index (χ4n) is 5.86. The molecule has 1 saturated carbocycles. The van der Waals surface area contributed by atoms with Crippen molar-refractivity contribution in [1.82, 2.24) is 15.2 Å². The minimum absolute atomic E-state index is 0.113. The number of aromatic amines is 1. The molecule has 7 heteroatoms. The van der Waals surface area contributed by atoms with Gasteiger partial charge in [-0.3, -0.25) is 15.0 Å². The summed E-state index contributed by atoms with van der Waals surface area (Å²) in [7, 11) is 0. The zero-order chi connectivity index (χ0) is 27.4. The van der Waals surface area contributed by atoms with Crippen molar-refractivity contribution in [1.29, 1.82) is 0 Å². The Bertz CT molecular complexity index is 1320. The Hall–Kier alpha value is -2.97. The third-order valence-electron chi connectivity index (χ3n) is 8.22. The summed E-state index contributed by atoms with van der Waals surface area (Å²) in [5, 5.41) is 18.3. The van der Waals surface area contributed by atoms with E-state index in [1.54, 1.807) is 0 Å². The summed E-state index contributed by atoms with van der Waals surface area (Å²) >= 11 is 0. The predicted molar refractivity (Wildman–Crippen MR) is 157 cm³/mol. The fourth-order valence-corrected chi connectivity index (χ4v) is 5.86. The largest absolute Gasteiger partial charge is 0.382 e. The van der Waals surface area contributed by atoms with Gasteiger partial charge in [0, 0.05) is 54.7 Å². The van der Waals surface area contributed by atoms with Crippen LogP contribution in [0.15, 0.2) is 47.3 Å². The molecule has 1 unspecified atom stereocenters. The molecule has 2 heterocycles. The van der Waals surface area contributed by atoms with Gasteiger partial charge in [-0.05, 0) is 79.6 Å². The van der Waals surface area contributed by atoms with Gasteiger partial charge >= 0.3 is 0 Å². The summed E-state index contributed by atoms with van der Waals surface area (Å²) in [5.74, 6) is 0. The number of benzene rings is 2. The molecule has 1 aliphatic carbocycles. The molecule has 2 aromatic carbocycles. The first-order valence-corrected chi connectivity index (χ1v) is 14.3. The number of aliphatic hydroxyl groups excluding tert-OH is 1. The molecule has 0 spiro atoms. The van der Waals surface area contributed by atoms with Gasteiger partial charge in [0.15, 0.2) is 0 Å². The Labute approximate surface area is 231 Å². The molecule has 7 nitrogen and oxygen atoms in total. The van der Waals surface area contributed by atoms with Crippen LogP contribution in [-0.4, -0.2) is 47.3 Å². The normalized spacial score (nSPS) is 17.4. The number of hydrogen-bond donors (Lipinski definition) is 4. The van der Waals surface area contributed by atoms with Gasteiger partial charge in [-0.1, -0.05) is 37.1 Å². The Morgan fingerprint density at radius 2 is 1.74 bits per heavy atom. The van der Waals surface area contributed by atoms with E-state index in [-0.39, 0.29) is 12.1 Å². The molecule has 2 aliphatic rings. The Morgan fingerprint density at radius 1 is 1.03 bits per heavy atom. The molecule has 4 N–H and O–H groups in total. The highest BCUT2D eigenvalue weighted by Gasteiger charge is 2.20. The van der Waals surface area contributed by atoms with Crippen molar-refractivity contribution in [3.05, 3.63) is 86.3 Å². The number of hydrogen-bond acceptors (Lipinski definition) is 6. The molecule has 5 rings (SSSR count). The third-order valence-corrected chi connectivity index (χ3v) is 8.22. The van der Waals surface area contributed by atoms with E-state index in [9.17, 15) is 9.90 Å². The van der Waals surface area contributed by atoms with Crippen LogP contribution in [0.5, 0.6) is 0 Å². The summed E-state index contributed by atoms with van der Waals surface area (Å²) in [5.41, 5.74) is 8.69. The van der Waals surface area contributed by atoms with Crippen LogP contribution >= 0.6 is 0 Å². The van der Waals surface area contributed by atoms with Crippen molar-refractivity contribution < 1.29 is 9.84 Å². The lowest BCUT2D eigenvalue weighted by Gasteiger charge is -2.26. The molecule has 208 valence electrons. The van der Waals surface area contributed by atoms with Gasteiger partial charge in [0.2, 0.25) is 0 Å². The topological polar surface area (TPSA) is 89.6 Å². The van der Waals surface area contributed by atoms with Crippen molar-refractivity contribution in [2.24, 2.45) is 0 Å². The molecule has 1 aromatic heterocycles. The lowest BCUT2D eigenvalue weighted by molar-refractivity contribution is 0.0342. The first-order chi connectivity index (χ1) is 18.9. The van der Waals surface area contributed by atoms with Crippen molar-refractivity contribution in [2.45, 2.75) is 71.8 Å². The molecule has 0 amide bonds. The average molecular weight is 531 g/mol. The van der Waals surface area contributed by atoms with Gasteiger partial charge in [-0.25, -0.2) is 0 Å². The van der Waals surface area contributed by atoms with Crippen LogP contribution in [0.1, 0.15) is 65.4 Å². The van der Waals surface area contributed by atoms with E-state index < -0.39 is 6.23 Å². The molecule has 1 saturated heterocycles. The Balaban J connectivity index is 1.40. The lowest BCUT2D eigenvalue weighted by Crippen LogP contribution is -2.35. The first kappa shape index (κ1) is 27.6. The van der Waals surface area contributed by atoms with Gasteiger partial charge in [-0.2, -0.15) is 0 Å². The molecular weight excluding hydrogens is 488 g/mol. The maximum atomic E-state index is 12.5. The summed E-state index contributed by atoms with van der Waals surface area (Å²) < 4.78 is 5.48. The zero-order valence-electron chi connectivity index (χ0n) is 23.5. The van der Waals surface area contributed by atoms with E-state index in [2.05, 4.69) is 63.8 Å². The second-order valence-electron chi connectivity index (χ2n) is 11.2. The van der Waals surface area contributed by atoms with Crippen molar-refractivity contribution in [3.63, 3.8) is 0 Å². The minimum Gasteiger partial charge on any atom is -0.382 e. The molecule has 1 aliphatic heterocycles. The quantitative estimate of drug-likeness (QED) is 0.293. The SMILES string of the molecule is Cc1cc(C)c(CNC(O)c2cc(-c3ccc(CN4CCOCC4)cc3)cc(NC3CCCC3)c2C)c(=O)[nH]1. The van der Waals surface area contributed by atoms with E-state index in [1.807, 2.05) is 19.9 Å². The summed E-state index contributed by atoms with van der Waals surface area (Å²) in [4.78, 5) is 17.8. The molecule has 39 heavy (non-hydrogen) atoms. The minimum atomic E-state index is -0.908. The van der Waals surface area contributed by atoms with Gasteiger partial charge in [0.1, 0.15) is 6.23 Å². The van der Waals surface area contributed by atoms with Crippen LogP contribution in [0, 0.1) is 20.8 Å². The Morgan fingerprint density at radius 3 is 2.44 bits per heavy atom. The first-order valence-electron chi connectivity index (χ1n) is 14.3. The number of nitrogens with one attached hydrogen (secondary N) is 3. The van der Waals surface area contributed by atoms with E-state index in [1.165, 1.54) is 31.2 Å². The number of ether oxygens (including phenoxy) is 1. The Kier molecular flexibility index (Phi) is 8.82. The van der Waals surface area contributed by atoms with Crippen LogP contribution in [0.3, 0.4) is 0 Å². The summed E-state index contributed by atoms with van der Waals surface area (Å²) in [6, 6.07) is 15.5. The van der Waals surface area contributed by atoms with E-state index in [4.69, 9.17) is 4.74 Å².